The standard InChI is InChI=1S/C11H19N/c1-11(9-6-10-12)7-4-2-3-5-8-11/h2-9H2,1H3. The number of nitrogens with zero attached hydrogens (tertiary/aromatic N) is 1. The summed E-state index contributed by atoms with van der Waals surface area (Å²) in [6.07, 6.45) is 10.1. The fourth-order valence-electron chi connectivity index (χ4n) is 2.19. The number of nitriles is 1. The second-order valence-corrected chi connectivity index (χ2v) is 4.38. The van der Waals surface area contributed by atoms with Gasteiger partial charge >= 0.3 is 0 Å². The van der Waals surface area contributed by atoms with Gasteiger partial charge in [-0.1, -0.05) is 32.6 Å². The normalized spacial score (nSPS) is 22.7. The van der Waals surface area contributed by atoms with Crippen LogP contribution in [0.25, 0.3) is 0 Å². The fourth-order valence-corrected chi connectivity index (χ4v) is 2.19. The van der Waals surface area contributed by atoms with Crippen LogP contribution >= 0.6 is 0 Å². The summed E-state index contributed by atoms with van der Waals surface area (Å²) < 4.78 is 0. The van der Waals surface area contributed by atoms with Crippen LogP contribution < -0.4 is 0 Å². The smallest absolute Gasteiger partial charge is 0.0621 e. The minimum absolute atomic E-state index is 0.492. The van der Waals surface area contributed by atoms with Crippen molar-refractivity contribution in [3.8, 4) is 6.07 Å². The van der Waals surface area contributed by atoms with E-state index in [0.717, 1.165) is 12.8 Å². The first-order valence-electron chi connectivity index (χ1n) is 5.14. The minimum Gasteiger partial charge on any atom is -0.198 e. The Labute approximate surface area is 75.8 Å². The van der Waals surface area contributed by atoms with E-state index in [-0.39, 0.29) is 0 Å². The Bertz CT molecular complexity index is 158. The predicted octanol–water partition coefficient (Wildman–Crippen LogP) is 3.65. The van der Waals surface area contributed by atoms with E-state index in [4.69, 9.17) is 5.26 Å². The Kier molecular flexibility index (Phi) is 3.59. The van der Waals surface area contributed by atoms with Crippen LogP contribution in [-0.2, 0) is 0 Å². The van der Waals surface area contributed by atoms with Gasteiger partial charge in [0.1, 0.15) is 0 Å². The van der Waals surface area contributed by atoms with Gasteiger partial charge in [-0.3, -0.25) is 0 Å². The lowest BCUT2D eigenvalue weighted by atomic mass is 9.79. The summed E-state index contributed by atoms with van der Waals surface area (Å²) in [4.78, 5) is 0. The Morgan fingerprint density at radius 2 is 1.75 bits per heavy atom. The molecule has 0 saturated heterocycles. The Balaban J connectivity index is 2.38. The SMILES string of the molecule is CC1(CCC#N)CCCCCC1. The summed E-state index contributed by atoms with van der Waals surface area (Å²) in [5.41, 5.74) is 0.492. The molecule has 0 aromatic rings. The highest BCUT2D eigenvalue weighted by molar-refractivity contribution is 4.81. The van der Waals surface area contributed by atoms with Gasteiger partial charge < -0.3 is 0 Å². The van der Waals surface area contributed by atoms with Crippen LogP contribution in [0, 0.1) is 16.7 Å². The molecule has 1 nitrogen and oxygen atoms in total. The van der Waals surface area contributed by atoms with Gasteiger partial charge in [-0.15, -0.1) is 0 Å². The van der Waals surface area contributed by atoms with Crippen LogP contribution in [-0.4, -0.2) is 0 Å². The first-order valence-corrected chi connectivity index (χ1v) is 5.14. The second kappa shape index (κ2) is 4.50. The Morgan fingerprint density at radius 3 is 2.25 bits per heavy atom. The molecule has 0 bridgehead atoms. The monoisotopic (exact) mass is 165 g/mol. The molecular formula is C11H19N. The van der Waals surface area contributed by atoms with Crippen LogP contribution in [0.3, 0.4) is 0 Å². The maximum Gasteiger partial charge on any atom is 0.0621 e. The third-order valence-corrected chi connectivity index (χ3v) is 3.15. The molecule has 1 saturated carbocycles. The highest BCUT2D eigenvalue weighted by Crippen LogP contribution is 2.38. The topological polar surface area (TPSA) is 23.8 Å². The summed E-state index contributed by atoms with van der Waals surface area (Å²) in [5.74, 6) is 0. The molecule has 0 aromatic carbocycles. The van der Waals surface area contributed by atoms with Crippen molar-refractivity contribution >= 4 is 0 Å². The van der Waals surface area contributed by atoms with Crippen molar-refractivity contribution in [1.29, 1.82) is 5.26 Å². The molecule has 0 unspecified atom stereocenters. The quantitative estimate of drug-likeness (QED) is 0.573. The van der Waals surface area contributed by atoms with Crippen molar-refractivity contribution in [2.24, 2.45) is 5.41 Å². The molecular weight excluding hydrogens is 146 g/mol. The van der Waals surface area contributed by atoms with Crippen molar-refractivity contribution in [2.75, 3.05) is 0 Å². The summed E-state index contributed by atoms with van der Waals surface area (Å²) in [6, 6.07) is 2.26. The lowest BCUT2D eigenvalue weighted by Crippen LogP contribution is -2.14. The van der Waals surface area contributed by atoms with Gasteiger partial charge in [0.05, 0.1) is 6.07 Å². The lowest BCUT2D eigenvalue weighted by molar-refractivity contribution is 0.257. The number of hydrogen-bond acceptors (Lipinski definition) is 1. The average Bonchev–Trinajstić information content (AvgIpc) is 2.27. The third-order valence-electron chi connectivity index (χ3n) is 3.15. The van der Waals surface area contributed by atoms with E-state index in [0.29, 0.717) is 5.41 Å². The molecule has 0 N–H and O–H groups in total. The van der Waals surface area contributed by atoms with Crippen LogP contribution in [0.15, 0.2) is 0 Å². The van der Waals surface area contributed by atoms with Crippen molar-refractivity contribution in [3.63, 3.8) is 0 Å². The zero-order valence-corrected chi connectivity index (χ0v) is 8.10. The zero-order chi connectivity index (χ0) is 8.86. The van der Waals surface area contributed by atoms with E-state index >= 15 is 0 Å². The van der Waals surface area contributed by atoms with E-state index in [1.807, 2.05) is 0 Å². The third kappa shape index (κ3) is 2.85. The number of rotatable bonds is 2. The maximum atomic E-state index is 8.53. The summed E-state index contributed by atoms with van der Waals surface area (Å²) >= 11 is 0. The van der Waals surface area contributed by atoms with Gasteiger partial charge in [0.15, 0.2) is 0 Å². The highest BCUT2D eigenvalue weighted by atomic mass is 14.3. The predicted molar refractivity (Wildman–Crippen MR) is 50.7 cm³/mol. The molecule has 0 aromatic heterocycles. The van der Waals surface area contributed by atoms with Gasteiger partial charge in [-0.25, -0.2) is 0 Å². The van der Waals surface area contributed by atoms with E-state index in [9.17, 15) is 0 Å². The molecule has 0 spiro atoms. The minimum atomic E-state index is 0.492. The first kappa shape index (κ1) is 9.58. The van der Waals surface area contributed by atoms with E-state index in [2.05, 4.69) is 13.0 Å². The largest absolute Gasteiger partial charge is 0.198 e. The van der Waals surface area contributed by atoms with Crippen LogP contribution in [0.2, 0.25) is 0 Å². The summed E-state index contributed by atoms with van der Waals surface area (Å²) in [6.45, 7) is 2.36. The van der Waals surface area contributed by atoms with Gasteiger partial charge in [0, 0.05) is 6.42 Å². The fraction of sp³-hybridized carbons (Fsp3) is 0.909. The molecule has 1 aliphatic rings. The van der Waals surface area contributed by atoms with Gasteiger partial charge in [0.2, 0.25) is 0 Å². The van der Waals surface area contributed by atoms with Crippen molar-refractivity contribution < 1.29 is 0 Å². The van der Waals surface area contributed by atoms with E-state index in [1.54, 1.807) is 0 Å². The first-order chi connectivity index (χ1) is 5.77. The Hall–Kier alpha value is -0.510. The lowest BCUT2D eigenvalue weighted by Gasteiger charge is -2.26. The van der Waals surface area contributed by atoms with Crippen LogP contribution in [0.5, 0.6) is 0 Å². The molecule has 0 aliphatic heterocycles. The molecule has 1 rings (SSSR count). The van der Waals surface area contributed by atoms with Gasteiger partial charge in [-0.2, -0.15) is 5.26 Å². The van der Waals surface area contributed by atoms with Crippen LogP contribution in [0.1, 0.15) is 58.3 Å². The molecule has 0 atom stereocenters. The maximum absolute atomic E-state index is 8.53. The van der Waals surface area contributed by atoms with E-state index < -0.39 is 0 Å². The molecule has 0 heterocycles. The molecule has 12 heavy (non-hydrogen) atoms. The Morgan fingerprint density at radius 1 is 1.17 bits per heavy atom. The highest BCUT2D eigenvalue weighted by Gasteiger charge is 2.24. The summed E-state index contributed by atoms with van der Waals surface area (Å²) in [5, 5.41) is 8.53. The molecule has 0 amide bonds. The molecule has 1 aliphatic carbocycles. The molecule has 1 heteroatoms. The van der Waals surface area contributed by atoms with Crippen LogP contribution in [0.4, 0.5) is 0 Å². The van der Waals surface area contributed by atoms with Gasteiger partial charge in [0.25, 0.3) is 0 Å². The van der Waals surface area contributed by atoms with Crippen molar-refractivity contribution in [3.05, 3.63) is 0 Å². The molecule has 1 fully saturated rings. The van der Waals surface area contributed by atoms with Gasteiger partial charge in [-0.05, 0) is 24.7 Å². The average molecular weight is 165 g/mol. The van der Waals surface area contributed by atoms with E-state index in [1.165, 1.54) is 38.5 Å². The second-order valence-electron chi connectivity index (χ2n) is 4.38. The van der Waals surface area contributed by atoms with Crippen molar-refractivity contribution in [2.45, 2.75) is 58.3 Å². The number of hydrogen-bond donors (Lipinski definition) is 0. The molecule has 0 radical (unpaired) electrons. The molecule has 68 valence electrons. The van der Waals surface area contributed by atoms with Crippen molar-refractivity contribution in [1.82, 2.24) is 0 Å². The summed E-state index contributed by atoms with van der Waals surface area (Å²) in [7, 11) is 0. The zero-order valence-electron chi connectivity index (χ0n) is 8.10.